The fourth-order valence-corrected chi connectivity index (χ4v) is 3.91. The second-order valence-corrected chi connectivity index (χ2v) is 9.32. The molecule has 0 spiro atoms. The second kappa shape index (κ2) is 7.98. The van der Waals surface area contributed by atoms with Gasteiger partial charge in [-0.1, -0.05) is 56.1 Å². The second-order valence-electron chi connectivity index (χ2n) is 8.48. The standard InChI is InChI=1S/C25H19Cl2N3O2/c1-25(2,3)23(31)22-20(29)18-11-17(14-6-4-5-13(9-14)12-28)21(30-24(18)32-22)16-8-7-15(26)10-19(16)27/h4-11H,29H2,1-3H3. The molecule has 0 unspecified atom stereocenters. The number of hydrogen-bond acceptors (Lipinski definition) is 5. The van der Waals surface area contributed by atoms with Crippen molar-refractivity contribution in [1.82, 2.24) is 4.98 Å². The van der Waals surface area contributed by atoms with Crippen LogP contribution in [0.3, 0.4) is 0 Å². The molecule has 4 rings (SSSR count). The van der Waals surface area contributed by atoms with Crippen LogP contribution in [-0.4, -0.2) is 10.8 Å². The third-order valence-corrected chi connectivity index (χ3v) is 5.65. The maximum Gasteiger partial charge on any atom is 0.229 e. The molecule has 0 aliphatic heterocycles. The largest absolute Gasteiger partial charge is 0.432 e. The van der Waals surface area contributed by atoms with Crippen molar-refractivity contribution >= 4 is 45.8 Å². The highest BCUT2D eigenvalue weighted by atomic mass is 35.5. The number of furan rings is 1. The Morgan fingerprint density at radius 2 is 1.84 bits per heavy atom. The van der Waals surface area contributed by atoms with Gasteiger partial charge in [-0.25, -0.2) is 4.98 Å². The summed E-state index contributed by atoms with van der Waals surface area (Å²) in [6, 6.07) is 16.2. The van der Waals surface area contributed by atoms with Crippen molar-refractivity contribution in [3.8, 4) is 28.5 Å². The summed E-state index contributed by atoms with van der Waals surface area (Å²) >= 11 is 12.6. The number of halogens is 2. The van der Waals surface area contributed by atoms with Gasteiger partial charge < -0.3 is 10.2 Å². The molecule has 0 aliphatic rings. The van der Waals surface area contributed by atoms with Crippen molar-refractivity contribution in [2.45, 2.75) is 20.8 Å². The number of ketones is 1. The molecule has 2 aromatic heterocycles. The van der Waals surface area contributed by atoms with Crippen molar-refractivity contribution in [1.29, 1.82) is 5.26 Å². The molecule has 0 fully saturated rings. The van der Waals surface area contributed by atoms with Gasteiger partial charge in [0.05, 0.1) is 33.4 Å². The number of anilines is 1. The highest BCUT2D eigenvalue weighted by molar-refractivity contribution is 6.36. The predicted molar refractivity (Wildman–Crippen MR) is 128 cm³/mol. The molecule has 0 saturated carbocycles. The van der Waals surface area contributed by atoms with E-state index in [1.807, 2.05) is 12.1 Å². The van der Waals surface area contributed by atoms with Crippen molar-refractivity contribution in [2.75, 3.05) is 5.73 Å². The van der Waals surface area contributed by atoms with E-state index in [0.29, 0.717) is 37.8 Å². The molecule has 0 amide bonds. The average molecular weight is 464 g/mol. The van der Waals surface area contributed by atoms with E-state index in [-0.39, 0.29) is 22.9 Å². The number of benzene rings is 2. The number of nitrogens with two attached hydrogens (primary N) is 1. The molecule has 2 N–H and O–H groups in total. The van der Waals surface area contributed by atoms with Crippen LogP contribution in [0.4, 0.5) is 5.69 Å². The van der Waals surface area contributed by atoms with Gasteiger partial charge in [0.15, 0.2) is 5.76 Å². The maximum absolute atomic E-state index is 12.9. The maximum atomic E-state index is 12.9. The Morgan fingerprint density at radius 3 is 2.50 bits per heavy atom. The Morgan fingerprint density at radius 1 is 1.09 bits per heavy atom. The number of aromatic nitrogens is 1. The Labute approximate surface area is 195 Å². The first-order valence-electron chi connectivity index (χ1n) is 9.84. The lowest BCUT2D eigenvalue weighted by Gasteiger charge is -2.14. The van der Waals surface area contributed by atoms with E-state index in [4.69, 9.17) is 38.3 Å². The summed E-state index contributed by atoms with van der Waals surface area (Å²) in [6.45, 7) is 5.40. The third-order valence-electron chi connectivity index (χ3n) is 5.10. The van der Waals surface area contributed by atoms with Gasteiger partial charge in [-0.05, 0) is 42.0 Å². The number of carbonyl (C=O) groups excluding carboxylic acids is 1. The summed E-state index contributed by atoms with van der Waals surface area (Å²) in [7, 11) is 0. The minimum absolute atomic E-state index is 0.0797. The smallest absolute Gasteiger partial charge is 0.229 e. The zero-order valence-electron chi connectivity index (χ0n) is 17.7. The molecule has 4 aromatic rings. The lowest BCUT2D eigenvalue weighted by Crippen LogP contribution is -2.20. The summed E-state index contributed by atoms with van der Waals surface area (Å²) in [5.74, 6) is -0.136. The number of hydrogen-bond donors (Lipinski definition) is 1. The van der Waals surface area contributed by atoms with Gasteiger partial charge in [-0.3, -0.25) is 4.79 Å². The van der Waals surface area contributed by atoms with Gasteiger partial charge >= 0.3 is 0 Å². The van der Waals surface area contributed by atoms with E-state index in [1.54, 1.807) is 57.2 Å². The molecule has 160 valence electrons. The van der Waals surface area contributed by atoms with Crippen molar-refractivity contribution in [2.24, 2.45) is 5.41 Å². The van der Waals surface area contributed by atoms with Crippen LogP contribution in [0.2, 0.25) is 10.0 Å². The molecule has 7 heteroatoms. The summed E-state index contributed by atoms with van der Waals surface area (Å²) in [5.41, 5.74) is 9.23. The first kappa shape index (κ1) is 21.9. The fourth-order valence-electron chi connectivity index (χ4n) is 3.41. The van der Waals surface area contributed by atoms with Crippen LogP contribution in [0.1, 0.15) is 36.9 Å². The van der Waals surface area contributed by atoms with Crippen LogP contribution in [0.5, 0.6) is 0 Å². The van der Waals surface area contributed by atoms with E-state index in [1.165, 1.54) is 0 Å². The quantitative estimate of drug-likeness (QED) is 0.325. The lowest BCUT2D eigenvalue weighted by molar-refractivity contribution is 0.0832. The van der Waals surface area contributed by atoms with Gasteiger partial charge in [0, 0.05) is 21.6 Å². The number of fused-ring (bicyclic) bond motifs is 1. The third kappa shape index (κ3) is 3.84. The van der Waals surface area contributed by atoms with Crippen LogP contribution < -0.4 is 5.73 Å². The molecule has 0 bridgehead atoms. The summed E-state index contributed by atoms with van der Waals surface area (Å²) < 4.78 is 5.84. The highest BCUT2D eigenvalue weighted by Crippen LogP contribution is 2.41. The van der Waals surface area contributed by atoms with Crippen molar-refractivity contribution < 1.29 is 9.21 Å². The monoisotopic (exact) mass is 463 g/mol. The predicted octanol–water partition coefficient (Wildman–Crippen LogP) is 7.15. The Balaban J connectivity index is 2.05. The minimum atomic E-state index is -0.672. The van der Waals surface area contributed by atoms with Crippen LogP contribution in [-0.2, 0) is 0 Å². The number of nitrogen functional groups attached to an aromatic ring is 1. The summed E-state index contributed by atoms with van der Waals surface area (Å²) in [5, 5.41) is 10.8. The van der Waals surface area contributed by atoms with Crippen molar-refractivity contribution in [3.63, 3.8) is 0 Å². The molecule has 2 heterocycles. The van der Waals surface area contributed by atoms with E-state index in [0.717, 1.165) is 5.56 Å². The average Bonchev–Trinajstić information content (AvgIpc) is 3.07. The van der Waals surface area contributed by atoms with Crippen LogP contribution >= 0.6 is 23.2 Å². The van der Waals surface area contributed by atoms with E-state index >= 15 is 0 Å². The van der Waals surface area contributed by atoms with Gasteiger partial charge in [-0.15, -0.1) is 0 Å². The summed E-state index contributed by atoms with van der Waals surface area (Å²) in [4.78, 5) is 17.6. The van der Waals surface area contributed by atoms with Gasteiger partial charge in [0.2, 0.25) is 11.5 Å². The minimum Gasteiger partial charge on any atom is -0.432 e. The zero-order valence-corrected chi connectivity index (χ0v) is 19.2. The first-order chi connectivity index (χ1) is 15.1. The Kier molecular flexibility index (Phi) is 5.46. The molecule has 0 saturated heterocycles. The lowest BCUT2D eigenvalue weighted by atomic mass is 9.89. The zero-order chi connectivity index (χ0) is 23.2. The molecule has 32 heavy (non-hydrogen) atoms. The molecule has 0 radical (unpaired) electrons. The summed E-state index contributed by atoms with van der Waals surface area (Å²) in [6.07, 6.45) is 0. The number of nitriles is 1. The van der Waals surface area contributed by atoms with Crippen LogP contribution in [0.15, 0.2) is 52.9 Å². The van der Waals surface area contributed by atoms with Gasteiger partial charge in [-0.2, -0.15) is 5.26 Å². The first-order valence-corrected chi connectivity index (χ1v) is 10.6. The topological polar surface area (TPSA) is 92.9 Å². The molecule has 0 aliphatic carbocycles. The number of pyridine rings is 1. The van der Waals surface area contributed by atoms with E-state index in [2.05, 4.69) is 6.07 Å². The molecule has 0 atom stereocenters. The number of nitrogens with zero attached hydrogens (tertiary/aromatic N) is 2. The normalized spacial score (nSPS) is 11.5. The highest BCUT2D eigenvalue weighted by Gasteiger charge is 2.30. The fraction of sp³-hybridized carbons (Fsp3) is 0.160. The number of Topliss-reactive ketones (excluding diaryl/α,β-unsaturated/α-hetero) is 1. The molecular formula is C25H19Cl2N3O2. The van der Waals surface area contributed by atoms with Crippen LogP contribution in [0.25, 0.3) is 33.5 Å². The SMILES string of the molecule is CC(C)(C)C(=O)c1oc2nc(-c3ccc(Cl)cc3Cl)c(-c3cccc(C#N)c3)cc2c1N. The number of rotatable bonds is 3. The van der Waals surface area contributed by atoms with Crippen LogP contribution in [0, 0.1) is 16.7 Å². The number of carbonyl (C=O) groups is 1. The molecular weight excluding hydrogens is 445 g/mol. The van der Waals surface area contributed by atoms with Gasteiger partial charge in [0.25, 0.3) is 0 Å². The van der Waals surface area contributed by atoms with Crippen molar-refractivity contribution in [3.05, 3.63) is 69.9 Å². The van der Waals surface area contributed by atoms with Gasteiger partial charge in [0.1, 0.15) is 0 Å². The molecule has 2 aromatic carbocycles. The van der Waals surface area contributed by atoms with E-state index < -0.39 is 5.41 Å². The Hall–Kier alpha value is -3.33. The Bertz CT molecular complexity index is 1430. The van der Waals surface area contributed by atoms with E-state index in [9.17, 15) is 10.1 Å². The molecule has 5 nitrogen and oxygen atoms in total.